The predicted octanol–water partition coefficient (Wildman–Crippen LogP) is 4.60. The molecule has 0 bridgehead atoms. The first-order valence-electron chi connectivity index (χ1n) is 6.67. The topological polar surface area (TPSA) is 17.1 Å². The van der Waals surface area contributed by atoms with Crippen molar-refractivity contribution >= 4 is 6.29 Å². The molecule has 0 aromatic heterocycles. The summed E-state index contributed by atoms with van der Waals surface area (Å²) >= 11 is 0. The molecule has 0 saturated carbocycles. The Bertz CT molecular complexity index is 142. The molecule has 0 radical (unpaired) electrons. The summed E-state index contributed by atoms with van der Waals surface area (Å²) in [6.07, 6.45) is 11.8. The average Bonchev–Trinajstić information content (AvgIpc) is 2.26. The van der Waals surface area contributed by atoms with E-state index >= 15 is 0 Å². The van der Waals surface area contributed by atoms with E-state index in [0.29, 0.717) is 5.92 Å². The van der Waals surface area contributed by atoms with Crippen LogP contribution in [0.2, 0.25) is 0 Å². The number of rotatable bonds is 10. The maximum absolute atomic E-state index is 10.6. The smallest absolute Gasteiger partial charge is 0.123 e. The summed E-state index contributed by atoms with van der Waals surface area (Å²) in [5, 5.41) is 0. The Kier molecular flexibility index (Phi) is 9.97. The quantitative estimate of drug-likeness (QED) is 0.382. The highest BCUT2D eigenvalue weighted by Gasteiger charge is 2.09. The van der Waals surface area contributed by atoms with E-state index in [-0.39, 0.29) is 5.92 Å². The minimum atomic E-state index is 0.241. The van der Waals surface area contributed by atoms with E-state index in [1.807, 2.05) is 6.92 Å². The van der Waals surface area contributed by atoms with Crippen molar-refractivity contribution in [1.82, 2.24) is 0 Å². The van der Waals surface area contributed by atoms with Crippen molar-refractivity contribution in [3.05, 3.63) is 0 Å². The van der Waals surface area contributed by atoms with Crippen molar-refractivity contribution < 1.29 is 4.79 Å². The van der Waals surface area contributed by atoms with Crippen LogP contribution < -0.4 is 0 Å². The largest absolute Gasteiger partial charge is 0.303 e. The van der Waals surface area contributed by atoms with Crippen molar-refractivity contribution in [3.63, 3.8) is 0 Å². The molecule has 0 amide bonds. The summed E-state index contributed by atoms with van der Waals surface area (Å²) in [4.78, 5) is 10.6. The Labute approximate surface area is 95.6 Å². The molecule has 90 valence electrons. The first-order chi connectivity index (χ1) is 7.22. The van der Waals surface area contributed by atoms with E-state index in [1.165, 1.54) is 51.4 Å². The van der Waals surface area contributed by atoms with Crippen molar-refractivity contribution in [2.45, 2.75) is 72.1 Å². The second kappa shape index (κ2) is 10.2. The standard InChI is InChI=1S/C14H28O/c1-4-5-6-7-8-9-10-11-13(2)14(3)12-15/h12-14H,4-11H2,1-3H3. The number of hydrogen-bond donors (Lipinski definition) is 0. The molecule has 15 heavy (non-hydrogen) atoms. The highest BCUT2D eigenvalue weighted by atomic mass is 16.1. The predicted molar refractivity (Wildman–Crippen MR) is 67.0 cm³/mol. The van der Waals surface area contributed by atoms with Gasteiger partial charge in [0, 0.05) is 5.92 Å². The summed E-state index contributed by atoms with van der Waals surface area (Å²) in [6.45, 7) is 6.47. The fourth-order valence-corrected chi connectivity index (χ4v) is 1.82. The van der Waals surface area contributed by atoms with Crippen LogP contribution in [0.1, 0.15) is 72.1 Å². The van der Waals surface area contributed by atoms with Gasteiger partial charge >= 0.3 is 0 Å². The molecule has 0 heterocycles. The van der Waals surface area contributed by atoms with Crippen molar-refractivity contribution in [2.24, 2.45) is 11.8 Å². The maximum atomic E-state index is 10.6. The Morgan fingerprint density at radius 2 is 1.47 bits per heavy atom. The fraction of sp³-hybridized carbons (Fsp3) is 0.929. The third-order valence-electron chi connectivity index (χ3n) is 3.38. The molecule has 0 aliphatic rings. The molecule has 0 rings (SSSR count). The Hall–Kier alpha value is -0.330. The van der Waals surface area contributed by atoms with Gasteiger partial charge in [-0.15, -0.1) is 0 Å². The van der Waals surface area contributed by atoms with Gasteiger partial charge in [-0.1, -0.05) is 72.1 Å². The molecule has 0 saturated heterocycles. The van der Waals surface area contributed by atoms with Gasteiger partial charge < -0.3 is 4.79 Å². The van der Waals surface area contributed by atoms with E-state index in [4.69, 9.17) is 0 Å². The second-order valence-corrected chi connectivity index (χ2v) is 4.88. The van der Waals surface area contributed by atoms with Gasteiger partial charge in [-0.05, 0) is 5.92 Å². The van der Waals surface area contributed by atoms with Crippen LogP contribution in [-0.4, -0.2) is 6.29 Å². The van der Waals surface area contributed by atoms with E-state index in [2.05, 4.69) is 13.8 Å². The first kappa shape index (κ1) is 14.7. The van der Waals surface area contributed by atoms with Crippen molar-refractivity contribution in [2.75, 3.05) is 0 Å². The second-order valence-electron chi connectivity index (χ2n) is 4.88. The van der Waals surface area contributed by atoms with Gasteiger partial charge in [0.25, 0.3) is 0 Å². The fourth-order valence-electron chi connectivity index (χ4n) is 1.82. The molecule has 1 nitrogen and oxygen atoms in total. The van der Waals surface area contributed by atoms with Crippen molar-refractivity contribution in [3.8, 4) is 0 Å². The zero-order valence-corrected chi connectivity index (χ0v) is 10.8. The molecule has 2 atom stereocenters. The minimum Gasteiger partial charge on any atom is -0.303 e. The molecule has 0 aliphatic carbocycles. The third kappa shape index (κ3) is 8.65. The number of aldehydes is 1. The monoisotopic (exact) mass is 212 g/mol. The molecule has 0 aromatic rings. The lowest BCUT2D eigenvalue weighted by Crippen LogP contribution is -2.08. The highest BCUT2D eigenvalue weighted by molar-refractivity contribution is 5.53. The van der Waals surface area contributed by atoms with E-state index in [9.17, 15) is 4.79 Å². The zero-order chi connectivity index (χ0) is 11.5. The van der Waals surface area contributed by atoms with Crippen LogP contribution in [-0.2, 0) is 4.79 Å². The van der Waals surface area contributed by atoms with Crippen LogP contribution in [0.3, 0.4) is 0 Å². The summed E-state index contributed by atoms with van der Waals surface area (Å²) < 4.78 is 0. The van der Waals surface area contributed by atoms with Crippen LogP contribution in [0, 0.1) is 11.8 Å². The van der Waals surface area contributed by atoms with Crippen LogP contribution in [0.5, 0.6) is 0 Å². The molecule has 0 N–H and O–H groups in total. The van der Waals surface area contributed by atoms with Gasteiger partial charge in [-0.2, -0.15) is 0 Å². The van der Waals surface area contributed by atoms with Gasteiger partial charge in [-0.3, -0.25) is 0 Å². The molecular formula is C14H28O. The van der Waals surface area contributed by atoms with E-state index in [0.717, 1.165) is 6.29 Å². The van der Waals surface area contributed by atoms with Gasteiger partial charge in [-0.25, -0.2) is 0 Å². The van der Waals surface area contributed by atoms with Gasteiger partial charge in [0.1, 0.15) is 6.29 Å². The normalized spacial score (nSPS) is 14.9. The van der Waals surface area contributed by atoms with Crippen LogP contribution in [0.4, 0.5) is 0 Å². The summed E-state index contributed by atoms with van der Waals surface area (Å²) in [5.74, 6) is 0.809. The summed E-state index contributed by atoms with van der Waals surface area (Å²) in [5.41, 5.74) is 0. The van der Waals surface area contributed by atoms with Gasteiger partial charge in [0.15, 0.2) is 0 Å². The number of carbonyl (C=O) groups excluding carboxylic acids is 1. The van der Waals surface area contributed by atoms with E-state index < -0.39 is 0 Å². The molecule has 1 heteroatoms. The number of unbranched alkanes of at least 4 members (excludes halogenated alkanes) is 6. The minimum absolute atomic E-state index is 0.241. The first-order valence-corrected chi connectivity index (χ1v) is 6.67. The molecule has 0 fully saturated rings. The van der Waals surface area contributed by atoms with Crippen molar-refractivity contribution in [1.29, 1.82) is 0 Å². The lowest BCUT2D eigenvalue weighted by molar-refractivity contribution is -0.111. The maximum Gasteiger partial charge on any atom is 0.123 e. The Morgan fingerprint density at radius 3 is 2.00 bits per heavy atom. The highest BCUT2D eigenvalue weighted by Crippen LogP contribution is 2.17. The number of hydrogen-bond acceptors (Lipinski definition) is 1. The zero-order valence-electron chi connectivity index (χ0n) is 10.8. The molecule has 0 aromatic carbocycles. The van der Waals surface area contributed by atoms with Crippen LogP contribution in [0.25, 0.3) is 0 Å². The molecule has 2 unspecified atom stereocenters. The molecule has 0 spiro atoms. The Morgan fingerprint density at radius 1 is 0.933 bits per heavy atom. The lowest BCUT2D eigenvalue weighted by atomic mass is 9.91. The van der Waals surface area contributed by atoms with Crippen LogP contribution in [0.15, 0.2) is 0 Å². The molecule has 0 aliphatic heterocycles. The van der Waals surface area contributed by atoms with E-state index in [1.54, 1.807) is 0 Å². The lowest BCUT2D eigenvalue weighted by Gasteiger charge is -2.13. The van der Waals surface area contributed by atoms with Crippen LogP contribution >= 0.6 is 0 Å². The average molecular weight is 212 g/mol. The Balaban J connectivity index is 3.19. The number of carbonyl (C=O) groups is 1. The summed E-state index contributed by atoms with van der Waals surface area (Å²) in [7, 11) is 0. The van der Waals surface area contributed by atoms with Gasteiger partial charge in [0.2, 0.25) is 0 Å². The molecular weight excluding hydrogens is 184 g/mol. The third-order valence-corrected chi connectivity index (χ3v) is 3.38. The SMILES string of the molecule is CCCCCCCCCC(C)C(C)C=O. The van der Waals surface area contributed by atoms with Gasteiger partial charge in [0.05, 0.1) is 0 Å². The summed E-state index contributed by atoms with van der Waals surface area (Å²) in [6, 6.07) is 0.